The third-order valence-electron chi connectivity index (χ3n) is 3.26. The van der Waals surface area contributed by atoms with E-state index in [1.54, 1.807) is 20.8 Å². The van der Waals surface area contributed by atoms with Crippen LogP contribution in [0.1, 0.15) is 46.5 Å². The number of carboxylic acids is 1. The van der Waals surface area contributed by atoms with Gasteiger partial charge in [-0.2, -0.15) is 0 Å². The lowest BCUT2D eigenvalue weighted by Crippen LogP contribution is -2.57. The van der Waals surface area contributed by atoms with Crippen LogP contribution in [0.15, 0.2) is 0 Å². The number of ether oxygens (including phenoxy) is 1. The Morgan fingerprint density at radius 2 is 1.62 bits per heavy atom. The number of esters is 1. The maximum atomic E-state index is 12.1. The van der Waals surface area contributed by atoms with Gasteiger partial charge in [0.25, 0.3) is 0 Å². The Morgan fingerprint density at radius 1 is 1.04 bits per heavy atom. The summed E-state index contributed by atoms with van der Waals surface area (Å²) in [6.45, 7) is 5.43. The van der Waals surface area contributed by atoms with Gasteiger partial charge in [-0.1, -0.05) is 15.9 Å². The number of carbonyl (C=O) groups is 4. The monoisotopic (exact) mass is 437 g/mol. The number of halogens is 1. The summed E-state index contributed by atoms with van der Waals surface area (Å²) in [4.78, 5) is 46.0. The second kappa shape index (κ2) is 11.1. The third-order valence-corrected chi connectivity index (χ3v) is 3.77. The Bertz CT molecular complexity index is 521. The van der Waals surface area contributed by atoms with Crippen molar-refractivity contribution in [1.29, 1.82) is 0 Å². The van der Waals surface area contributed by atoms with Gasteiger partial charge in [-0.3, -0.25) is 9.59 Å². The van der Waals surface area contributed by atoms with Crippen molar-refractivity contribution < 1.29 is 29.0 Å². The van der Waals surface area contributed by atoms with Gasteiger partial charge >= 0.3 is 11.9 Å². The number of alkyl halides is 1. The molecule has 0 aliphatic carbocycles. The molecule has 2 amide bonds. The van der Waals surface area contributed by atoms with E-state index in [4.69, 9.17) is 10.5 Å². The minimum Gasteiger partial charge on any atom is -0.479 e. The molecule has 26 heavy (non-hydrogen) atoms. The van der Waals surface area contributed by atoms with Gasteiger partial charge in [0.1, 0.15) is 5.60 Å². The summed E-state index contributed by atoms with van der Waals surface area (Å²) in [6.07, 6.45) is 0.818. The van der Waals surface area contributed by atoms with Gasteiger partial charge in [0.05, 0.1) is 5.33 Å². The number of aliphatic carboxylic acids is 1. The van der Waals surface area contributed by atoms with Crippen LogP contribution in [-0.2, 0) is 23.9 Å². The van der Waals surface area contributed by atoms with Crippen LogP contribution in [-0.4, -0.2) is 58.4 Å². The second-order valence-electron chi connectivity index (χ2n) is 6.82. The number of nitrogens with one attached hydrogen (secondary N) is 2. The molecule has 0 saturated carbocycles. The molecule has 0 bridgehead atoms. The highest BCUT2D eigenvalue weighted by Gasteiger charge is 2.44. The summed E-state index contributed by atoms with van der Waals surface area (Å²) in [5, 5.41) is 14.6. The SMILES string of the molecule is CC(C)(C)OC(=O)[C@](N)(CCCCNC(=O)CCNC(=O)CBr)C(=O)O. The molecular weight excluding hydrogens is 410 g/mol. The highest BCUT2D eigenvalue weighted by molar-refractivity contribution is 9.09. The smallest absolute Gasteiger partial charge is 0.338 e. The topological polar surface area (TPSA) is 148 Å². The Morgan fingerprint density at radius 3 is 2.12 bits per heavy atom. The van der Waals surface area contributed by atoms with Gasteiger partial charge < -0.3 is 26.2 Å². The number of amides is 2. The van der Waals surface area contributed by atoms with Crippen LogP contribution in [0, 0.1) is 0 Å². The Balaban J connectivity index is 4.22. The Kier molecular flexibility index (Phi) is 10.4. The van der Waals surface area contributed by atoms with Crippen LogP contribution >= 0.6 is 15.9 Å². The zero-order valence-corrected chi connectivity index (χ0v) is 17.0. The summed E-state index contributed by atoms with van der Waals surface area (Å²) in [7, 11) is 0. The molecule has 0 spiro atoms. The van der Waals surface area contributed by atoms with Crippen molar-refractivity contribution in [3.63, 3.8) is 0 Å². The molecule has 0 fully saturated rings. The molecule has 0 aliphatic heterocycles. The molecular formula is C16H28BrN3O6. The summed E-state index contributed by atoms with van der Waals surface area (Å²) < 4.78 is 5.08. The van der Waals surface area contributed by atoms with E-state index in [0.29, 0.717) is 19.4 Å². The maximum Gasteiger partial charge on any atom is 0.338 e. The zero-order valence-electron chi connectivity index (χ0n) is 15.4. The lowest BCUT2D eigenvalue weighted by Gasteiger charge is -2.28. The molecule has 0 aromatic rings. The second-order valence-corrected chi connectivity index (χ2v) is 7.38. The normalized spacial score (nSPS) is 13.4. The Labute approximate surface area is 161 Å². The first-order chi connectivity index (χ1) is 11.9. The fourth-order valence-electron chi connectivity index (χ4n) is 1.87. The molecule has 0 aromatic heterocycles. The number of carboxylic acid groups (broad SMARTS) is 1. The van der Waals surface area contributed by atoms with E-state index in [0.717, 1.165) is 0 Å². The van der Waals surface area contributed by atoms with Gasteiger partial charge in [-0.05, 0) is 40.0 Å². The molecule has 0 heterocycles. The number of rotatable bonds is 11. The average molecular weight is 438 g/mol. The van der Waals surface area contributed by atoms with Gasteiger partial charge in [0, 0.05) is 19.5 Å². The Hall–Kier alpha value is -1.68. The number of hydrogen-bond donors (Lipinski definition) is 4. The van der Waals surface area contributed by atoms with Crippen molar-refractivity contribution in [2.45, 2.75) is 57.6 Å². The number of hydrogen-bond acceptors (Lipinski definition) is 6. The van der Waals surface area contributed by atoms with Crippen molar-refractivity contribution in [3.8, 4) is 0 Å². The van der Waals surface area contributed by atoms with Crippen LogP contribution in [0.5, 0.6) is 0 Å². The largest absolute Gasteiger partial charge is 0.479 e. The molecule has 0 rings (SSSR count). The summed E-state index contributed by atoms with van der Waals surface area (Å²) >= 11 is 3.00. The summed E-state index contributed by atoms with van der Waals surface area (Å²) in [6, 6.07) is 0. The highest BCUT2D eigenvalue weighted by Crippen LogP contribution is 2.18. The van der Waals surface area contributed by atoms with Crippen molar-refractivity contribution in [2.75, 3.05) is 18.4 Å². The molecule has 150 valence electrons. The quantitative estimate of drug-likeness (QED) is 0.157. The van der Waals surface area contributed by atoms with E-state index < -0.39 is 23.1 Å². The number of unbranched alkanes of at least 4 members (excludes halogenated alkanes) is 1. The van der Waals surface area contributed by atoms with E-state index in [2.05, 4.69) is 26.6 Å². The van der Waals surface area contributed by atoms with E-state index in [-0.39, 0.29) is 36.5 Å². The molecule has 5 N–H and O–H groups in total. The minimum absolute atomic E-state index is 0.103. The average Bonchev–Trinajstić information content (AvgIpc) is 2.52. The molecule has 0 radical (unpaired) electrons. The molecule has 0 aromatic carbocycles. The predicted molar refractivity (Wildman–Crippen MR) is 98.7 cm³/mol. The molecule has 1 atom stereocenters. The molecule has 9 nitrogen and oxygen atoms in total. The number of carbonyl (C=O) groups excluding carboxylic acids is 3. The molecule has 0 unspecified atom stereocenters. The zero-order chi connectivity index (χ0) is 20.4. The first kappa shape index (κ1) is 24.3. The van der Waals surface area contributed by atoms with E-state index >= 15 is 0 Å². The van der Waals surface area contributed by atoms with Crippen molar-refractivity contribution in [2.24, 2.45) is 5.73 Å². The van der Waals surface area contributed by atoms with Gasteiger partial charge in [0.2, 0.25) is 17.4 Å². The standard InChI is InChI=1S/C16H28BrN3O6/c1-15(2,3)26-14(25)16(18,13(23)24)7-4-5-8-19-11(21)6-9-20-12(22)10-17/h4-10,18H2,1-3H3,(H,19,21)(H,20,22)(H,23,24)/t16-/m0/s1. The minimum atomic E-state index is -2.11. The summed E-state index contributed by atoms with van der Waals surface area (Å²) in [5.74, 6) is -2.86. The van der Waals surface area contributed by atoms with Crippen molar-refractivity contribution >= 4 is 39.7 Å². The number of nitrogens with two attached hydrogens (primary N) is 1. The fourth-order valence-corrected chi connectivity index (χ4v) is 2.07. The van der Waals surface area contributed by atoms with E-state index in [1.165, 1.54) is 0 Å². The molecule has 0 aliphatic rings. The fraction of sp³-hybridized carbons (Fsp3) is 0.750. The van der Waals surface area contributed by atoms with Crippen LogP contribution < -0.4 is 16.4 Å². The van der Waals surface area contributed by atoms with Crippen LogP contribution in [0.3, 0.4) is 0 Å². The maximum absolute atomic E-state index is 12.1. The summed E-state index contributed by atoms with van der Waals surface area (Å²) in [5.41, 5.74) is 2.78. The predicted octanol–water partition coefficient (Wildman–Crippen LogP) is 0.298. The van der Waals surface area contributed by atoms with Crippen LogP contribution in [0.4, 0.5) is 0 Å². The molecule has 10 heteroatoms. The lowest BCUT2D eigenvalue weighted by molar-refractivity contribution is -0.169. The highest BCUT2D eigenvalue weighted by atomic mass is 79.9. The third kappa shape index (κ3) is 9.71. The first-order valence-electron chi connectivity index (χ1n) is 8.27. The van der Waals surface area contributed by atoms with E-state index in [1.807, 2.05) is 0 Å². The van der Waals surface area contributed by atoms with Gasteiger partial charge in [0.15, 0.2) is 0 Å². The molecule has 0 saturated heterocycles. The van der Waals surface area contributed by atoms with Gasteiger partial charge in [-0.15, -0.1) is 0 Å². The van der Waals surface area contributed by atoms with Crippen LogP contribution in [0.2, 0.25) is 0 Å². The van der Waals surface area contributed by atoms with Gasteiger partial charge in [-0.25, -0.2) is 9.59 Å². The van der Waals surface area contributed by atoms with E-state index in [9.17, 15) is 24.3 Å². The van der Waals surface area contributed by atoms with Crippen LogP contribution in [0.25, 0.3) is 0 Å². The first-order valence-corrected chi connectivity index (χ1v) is 9.39. The van der Waals surface area contributed by atoms with Crippen molar-refractivity contribution in [1.82, 2.24) is 10.6 Å². The lowest BCUT2D eigenvalue weighted by atomic mass is 9.93. The van der Waals surface area contributed by atoms with Crippen molar-refractivity contribution in [3.05, 3.63) is 0 Å².